The minimum absolute atomic E-state index is 0.0284. The van der Waals surface area contributed by atoms with Gasteiger partial charge in [-0.15, -0.1) is 0 Å². The number of aliphatic hydroxyl groups is 1. The minimum atomic E-state index is -5.27. The lowest BCUT2D eigenvalue weighted by Gasteiger charge is -2.38. The molecule has 0 radical (unpaired) electrons. The van der Waals surface area contributed by atoms with Crippen LogP contribution in [0.2, 0.25) is 5.02 Å². The van der Waals surface area contributed by atoms with Crippen molar-refractivity contribution in [3.8, 4) is 22.6 Å². The van der Waals surface area contributed by atoms with Crippen LogP contribution in [0.15, 0.2) is 48.5 Å². The van der Waals surface area contributed by atoms with E-state index in [-0.39, 0.29) is 27.8 Å². The fourth-order valence-electron chi connectivity index (χ4n) is 4.34. The Kier molecular flexibility index (Phi) is 6.85. The van der Waals surface area contributed by atoms with Crippen LogP contribution < -0.4 is 14.4 Å². The molecule has 37 heavy (non-hydrogen) atoms. The molecule has 2 unspecified atom stereocenters. The number of carbonyl (C=O) groups excluding carboxylic acids is 1. The average molecular weight is 542 g/mol. The van der Waals surface area contributed by atoms with E-state index in [4.69, 9.17) is 21.1 Å². The lowest BCUT2D eigenvalue weighted by atomic mass is 9.77. The van der Waals surface area contributed by atoms with Gasteiger partial charge in [0, 0.05) is 18.0 Å². The molecule has 0 fully saturated rings. The lowest BCUT2D eigenvalue weighted by molar-refractivity contribution is -0.274. The van der Waals surface area contributed by atoms with Gasteiger partial charge in [0.2, 0.25) is 0 Å². The summed E-state index contributed by atoms with van der Waals surface area (Å²) in [5.41, 5.74) is -3.76. The highest BCUT2D eigenvalue weighted by molar-refractivity contribution is 6.31. The highest BCUT2D eigenvalue weighted by Gasteiger charge is 2.59. The summed E-state index contributed by atoms with van der Waals surface area (Å²) >= 11 is 6.38. The smallest absolute Gasteiger partial charge is 0.422 e. The van der Waals surface area contributed by atoms with Gasteiger partial charge in [-0.2, -0.15) is 13.2 Å². The van der Waals surface area contributed by atoms with Crippen molar-refractivity contribution in [3.63, 3.8) is 0 Å². The number of nitrogens with zero attached hydrogens (tertiary/aromatic N) is 1. The normalized spacial score (nSPS) is 16.1. The Morgan fingerprint density at radius 2 is 1.70 bits per heavy atom. The van der Waals surface area contributed by atoms with Gasteiger partial charge < -0.3 is 19.5 Å². The second-order valence-electron chi connectivity index (χ2n) is 8.62. The van der Waals surface area contributed by atoms with Crippen LogP contribution >= 0.6 is 11.6 Å². The molecule has 196 valence electrons. The highest BCUT2D eigenvalue weighted by atomic mass is 35.5. The molecule has 1 amide bonds. The van der Waals surface area contributed by atoms with Crippen LogP contribution in [0.4, 0.5) is 27.6 Å². The maximum Gasteiger partial charge on any atom is 0.422 e. The SMILES string of the molecule is COc1cc(-c2ccc(C(C)C(O)(c3cc(F)c4c(c3)N(C)C(=O)CO4)C(F)(F)F)c(Cl)c2)ccc1F. The van der Waals surface area contributed by atoms with Crippen LogP contribution in [-0.4, -0.2) is 38.0 Å². The summed E-state index contributed by atoms with van der Waals surface area (Å²) < 4.78 is 82.1. The number of hydrogen-bond donors (Lipinski definition) is 1. The molecule has 1 heterocycles. The average Bonchev–Trinajstić information content (AvgIpc) is 2.85. The summed E-state index contributed by atoms with van der Waals surface area (Å²) in [6.07, 6.45) is -5.27. The van der Waals surface area contributed by atoms with Gasteiger partial charge in [-0.1, -0.05) is 36.7 Å². The molecule has 11 heteroatoms. The first-order valence-electron chi connectivity index (χ1n) is 11.0. The molecule has 0 saturated heterocycles. The molecule has 2 atom stereocenters. The molecule has 0 saturated carbocycles. The predicted molar refractivity (Wildman–Crippen MR) is 127 cm³/mol. The van der Waals surface area contributed by atoms with E-state index in [1.54, 1.807) is 0 Å². The Morgan fingerprint density at radius 1 is 1.05 bits per heavy atom. The monoisotopic (exact) mass is 541 g/mol. The van der Waals surface area contributed by atoms with Gasteiger partial charge in [0.05, 0.1) is 12.8 Å². The number of likely N-dealkylation sites (N-methyl/N-ethyl adjacent to an activating group) is 1. The van der Waals surface area contributed by atoms with Gasteiger partial charge in [0.1, 0.15) is 0 Å². The zero-order valence-corrected chi connectivity index (χ0v) is 20.5. The quantitative estimate of drug-likeness (QED) is 0.391. The van der Waals surface area contributed by atoms with Gasteiger partial charge in [-0.25, -0.2) is 8.78 Å². The Morgan fingerprint density at radius 3 is 2.32 bits per heavy atom. The van der Waals surface area contributed by atoms with E-state index in [0.29, 0.717) is 17.2 Å². The summed E-state index contributed by atoms with van der Waals surface area (Å²) in [5, 5.41) is 11.1. The van der Waals surface area contributed by atoms with Crippen LogP contribution in [0.25, 0.3) is 11.1 Å². The highest BCUT2D eigenvalue weighted by Crippen LogP contribution is 2.52. The summed E-state index contributed by atoms with van der Waals surface area (Å²) in [7, 11) is 2.56. The largest absolute Gasteiger partial charge is 0.494 e. The van der Waals surface area contributed by atoms with Crippen LogP contribution in [0.5, 0.6) is 11.5 Å². The number of carbonyl (C=O) groups is 1. The third kappa shape index (κ3) is 4.48. The van der Waals surface area contributed by atoms with Crippen LogP contribution in [0.1, 0.15) is 24.0 Å². The molecular weight excluding hydrogens is 521 g/mol. The summed E-state index contributed by atoms with van der Waals surface area (Å²) in [5.74, 6) is -4.47. The molecule has 0 spiro atoms. The van der Waals surface area contributed by atoms with Crippen molar-refractivity contribution < 1.29 is 41.3 Å². The fraction of sp³-hybridized carbons (Fsp3) is 0.269. The molecule has 0 aliphatic carbocycles. The first-order chi connectivity index (χ1) is 17.3. The first kappa shape index (κ1) is 26.7. The first-order valence-corrected chi connectivity index (χ1v) is 11.3. The number of hydrogen-bond acceptors (Lipinski definition) is 4. The molecule has 4 rings (SSSR count). The van der Waals surface area contributed by atoms with Crippen LogP contribution in [-0.2, 0) is 10.4 Å². The van der Waals surface area contributed by atoms with Crippen molar-refractivity contribution >= 4 is 23.2 Å². The molecule has 1 aliphatic rings. The molecule has 3 aromatic rings. The van der Waals surface area contributed by atoms with Gasteiger partial charge in [-0.05, 0) is 52.6 Å². The lowest BCUT2D eigenvalue weighted by Crippen LogP contribution is -2.47. The number of methoxy groups -OCH3 is 1. The number of fused-ring (bicyclic) bond motifs is 1. The second kappa shape index (κ2) is 9.50. The standard InChI is InChI=1S/C26H21ClF5NO4/c1-13(17-6-4-14(8-18(17)27)15-5-7-19(28)22(9-15)36-3)25(35,26(30,31)32)16-10-20(29)24-21(11-16)33(2)23(34)12-37-24/h4-11,13,35H,12H2,1-3H3. The minimum Gasteiger partial charge on any atom is -0.494 e. The van der Waals surface area contributed by atoms with Gasteiger partial charge >= 0.3 is 6.18 Å². The fourth-order valence-corrected chi connectivity index (χ4v) is 4.68. The second-order valence-corrected chi connectivity index (χ2v) is 9.03. The van der Waals surface area contributed by atoms with Crippen LogP contribution in [0.3, 0.4) is 0 Å². The van der Waals surface area contributed by atoms with Crippen molar-refractivity contribution in [1.29, 1.82) is 0 Å². The van der Waals surface area contributed by atoms with E-state index in [9.17, 15) is 31.9 Å². The Labute approximate surface area is 214 Å². The van der Waals surface area contributed by atoms with Crippen molar-refractivity contribution in [3.05, 3.63) is 76.3 Å². The van der Waals surface area contributed by atoms with Crippen molar-refractivity contribution in [2.45, 2.75) is 24.6 Å². The zero-order valence-electron chi connectivity index (χ0n) is 19.8. The molecule has 0 bridgehead atoms. The Hall–Kier alpha value is -3.37. The predicted octanol–water partition coefficient (Wildman–Crippen LogP) is 6.20. The Balaban J connectivity index is 1.81. The number of alkyl halides is 3. The number of anilines is 1. The van der Waals surface area contributed by atoms with Gasteiger partial charge in [0.25, 0.3) is 5.91 Å². The van der Waals surface area contributed by atoms with Crippen LogP contribution in [0, 0.1) is 11.6 Å². The van der Waals surface area contributed by atoms with Gasteiger partial charge in [0.15, 0.2) is 35.3 Å². The summed E-state index contributed by atoms with van der Waals surface area (Å²) in [6, 6.07) is 9.62. The number of ether oxygens (including phenoxy) is 2. The van der Waals surface area contributed by atoms with E-state index >= 15 is 0 Å². The Bertz CT molecular complexity index is 1380. The topological polar surface area (TPSA) is 59.0 Å². The third-order valence-electron chi connectivity index (χ3n) is 6.55. The van der Waals surface area contributed by atoms with Crippen molar-refractivity contribution in [1.82, 2.24) is 0 Å². The maximum atomic E-state index is 14.8. The van der Waals surface area contributed by atoms with E-state index in [0.717, 1.165) is 17.9 Å². The van der Waals surface area contributed by atoms with Crippen molar-refractivity contribution in [2.24, 2.45) is 0 Å². The van der Waals surface area contributed by atoms with E-state index in [1.165, 1.54) is 50.6 Å². The zero-order chi connectivity index (χ0) is 27.3. The third-order valence-corrected chi connectivity index (χ3v) is 6.88. The summed E-state index contributed by atoms with van der Waals surface area (Å²) in [4.78, 5) is 12.9. The molecule has 1 aliphatic heterocycles. The number of halogens is 6. The summed E-state index contributed by atoms with van der Waals surface area (Å²) in [6.45, 7) is 0.639. The molecule has 1 N–H and O–H groups in total. The van der Waals surface area contributed by atoms with E-state index < -0.39 is 47.4 Å². The van der Waals surface area contributed by atoms with Gasteiger partial charge in [-0.3, -0.25) is 4.79 Å². The molecule has 0 aromatic heterocycles. The number of rotatable bonds is 5. The molecule has 5 nitrogen and oxygen atoms in total. The van der Waals surface area contributed by atoms with E-state index in [1.807, 2.05) is 0 Å². The molecule has 3 aromatic carbocycles. The number of benzene rings is 3. The number of amides is 1. The van der Waals surface area contributed by atoms with E-state index in [2.05, 4.69) is 0 Å². The van der Waals surface area contributed by atoms with Crippen molar-refractivity contribution in [2.75, 3.05) is 25.7 Å². The maximum absolute atomic E-state index is 14.8. The molecular formula is C26H21ClF5NO4.